The molecule has 2 N–H and O–H groups in total. The molecule has 26 heavy (non-hydrogen) atoms. The molecule has 134 valence electrons. The summed E-state index contributed by atoms with van der Waals surface area (Å²) in [5, 5.41) is 19.3. The highest BCUT2D eigenvalue weighted by Crippen LogP contribution is 2.44. The Hall–Kier alpha value is -3.15. The van der Waals surface area contributed by atoms with E-state index in [0.717, 1.165) is 0 Å². The zero-order valence-electron chi connectivity index (χ0n) is 14.3. The van der Waals surface area contributed by atoms with Gasteiger partial charge < -0.3 is 15.1 Å². The van der Waals surface area contributed by atoms with Gasteiger partial charge in [-0.15, -0.1) is 0 Å². The van der Waals surface area contributed by atoms with E-state index in [1.54, 1.807) is 55.6 Å². The number of carboxylic acid groups (broad SMARTS) is 2. The summed E-state index contributed by atoms with van der Waals surface area (Å²) >= 11 is 0. The van der Waals surface area contributed by atoms with Crippen molar-refractivity contribution in [3.63, 3.8) is 0 Å². The second-order valence-electron chi connectivity index (χ2n) is 6.56. The SMILES string of the molecule is CN(C(=O)C1CC(C(=O)O)(C(=O)O)Cc2ccccc21)c1ccccc1. The maximum absolute atomic E-state index is 13.1. The van der Waals surface area contributed by atoms with Gasteiger partial charge in [-0.1, -0.05) is 42.5 Å². The summed E-state index contributed by atoms with van der Waals surface area (Å²) in [6.45, 7) is 0. The molecule has 6 heteroatoms. The van der Waals surface area contributed by atoms with Crippen LogP contribution in [0.1, 0.15) is 23.5 Å². The van der Waals surface area contributed by atoms with Crippen LogP contribution >= 0.6 is 0 Å². The van der Waals surface area contributed by atoms with E-state index in [0.29, 0.717) is 16.8 Å². The number of nitrogens with zero attached hydrogens (tertiary/aromatic N) is 1. The van der Waals surface area contributed by atoms with Gasteiger partial charge in [0.25, 0.3) is 0 Å². The molecule has 0 radical (unpaired) electrons. The lowest BCUT2D eigenvalue weighted by Crippen LogP contribution is -2.48. The fourth-order valence-corrected chi connectivity index (χ4v) is 3.54. The molecule has 1 amide bonds. The molecule has 6 nitrogen and oxygen atoms in total. The number of anilines is 1. The molecule has 3 rings (SSSR count). The van der Waals surface area contributed by atoms with Crippen LogP contribution < -0.4 is 4.90 Å². The van der Waals surface area contributed by atoms with Crippen molar-refractivity contribution in [2.75, 3.05) is 11.9 Å². The second kappa shape index (κ2) is 6.63. The predicted molar refractivity (Wildman–Crippen MR) is 95.1 cm³/mol. The number of carbonyl (C=O) groups is 3. The first-order valence-electron chi connectivity index (χ1n) is 8.24. The Morgan fingerprint density at radius 3 is 2.15 bits per heavy atom. The first-order chi connectivity index (χ1) is 12.4. The third-order valence-corrected chi connectivity index (χ3v) is 5.07. The van der Waals surface area contributed by atoms with Crippen molar-refractivity contribution in [2.45, 2.75) is 18.8 Å². The Bertz CT molecular complexity index is 848. The Morgan fingerprint density at radius 1 is 0.962 bits per heavy atom. The number of carbonyl (C=O) groups excluding carboxylic acids is 1. The molecule has 1 atom stereocenters. The summed E-state index contributed by atoms with van der Waals surface area (Å²) in [6.07, 6.45) is -0.405. The number of aliphatic carboxylic acids is 2. The molecule has 0 saturated heterocycles. The van der Waals surface area contributed by atoms with Gasteiger partial charge in [-0.2, -0.15) is 0 Å². The van der Waals surface area contributed by atoms with Gasteiger partial charge >= 0.3 is 11.9 Å². The van der Waals surface area contributed by atoms with E-state index in [1.807, 2.05) is 6.07 Å². The minimum absolute atomic E-state index is 0.132. The van der Waals surface area contributed by atoms with Gasteiger partial charge in [-0.3, -0.25) is 14.4 Å². The zero-order chi connectivity index (χ0) is 18.9. The first kappa shape index (κ1) is 17.7. The monoisotopic (exact) mass is 353 g/mol. The average molecular weight is 353 g/mol. The summed E-state index contributed by atoms with van der Waals surface area (Å²) in [5.41, 5.74) is -0.0646. The maximum Gasteiger partial charge on any atom is 0.321 e. The van der Waals surface area contributed by atoms with Gasteiger partial charge in [-0.05, 0) is 36.1 Å². The van der Waals surface area contributed by atoms with Gasteiger partial charge in [0.05, 0.1) is 5.92 Å². The number of amides is 1. The molecule has 2 aromatic carbocycles. The Balaban J connectivity index is 2.06. The molecule has 1 unspecified atom stereocenters. The summed E-state index contributed by atoms with van der Waals surface area (Å²) in [6, 6.07) is 15.9. The lowest BCUT2D eigenvalue weighted by Gasteiger charge is -2.36. The molecular weight excluding hydrogens is 334 g/mol. The van der Waals surface area contributed by atoms with Gasteiger partial charge in [0, 0.05) is 12.7 Å². The zero-order valence-corrected chi connectivity index (χ0v) is 14.3. The molecule has 0 fully saturated rings. The molecule has 0 aliphatic heterocycles. The Labute approximate surface area is 150 Å². The predicted octanol–water partition coefficient (Wildman–Crippen LogP) is 2.54. The van der Waals surface area contributed by atoms with Gasteiger partial charge in [0.15, 0.2) is 5.41 Å². The summed E-state index contributed by atoms with van der Waals surface area (Å²) in [4.78, 5) is 38.2. The quantitative estimate of drug-likeness (QED) is 0.824. The van der Waals surface area contributed by atoms with Crippen molar-refractivity contribution in [3.8, 4) is 0 Å². The summed E-state index contributed by atoms with van der Waals surface area (Å²) in [7, 11) is 1.61. The van der Waals surface area contributed by atoms with Gasteiger partial charge in [-0.25, -0.2) is 0 Å². The number of benzene rings is 2. The molecule has 0 saturated carbocycles. The summed E-state index contributed by atoms with van der Waals surface area (Å²) in [5.74, 6) is -3.99. The van der Waals surface area contributed by atoms with Crippen molar-refractivity contribution < 1.29 is 24.6 Å². The highest BCUT2D eigenvalue weighted by molar-refractivity contribution is 6.03. The van der Waals surface area contributed by atoms with Crippen LogP contribution in [0.2, 0.25) is 0 Å². The van der Waals surface area contributed by atoms with Crippen LogP contribution in [0.25, 0.3) is 0 Å². The molecule has 0 aromatic heterocycles. The third-order valence-electron chi connectivity index (χ3n) is 5.07. The maximum atomic E-state index is 13.1. The average Bonchev–Trinajstić information content (AvgIpc) is 2.66. The fourth-order valence-electron chi connectivity index (χ4n) is 3.54. The van der Waals surface area contributed by atoms with Crippen LogP contribution in [0, 0.1) is 5.41 Å². The highest BCUT2D eigenvalue weighted by atomic mass is 16.4. The molecule has 2 aromatic rings. The van der Waals surface area contributed by atoms with Crippen molar-refractivity contribution in [2.24, 2.45) is 5.41 Å². The van der Waals surface area contributed by atoms with E-state index in [9.17, 15) is 24.6 Å². The number of carboxylic acids is 2. The van der Waals surface area contributed by atoms with Gasteiger partial charge in [0.2, 0.25) is 5.91 Å². The highest BCUT2D eigenvalue weighted by Gasteiger charge is 2.53. The number of hydrogen-bond donors (Lipinski definition) is 2. The number of hydrogen-bond acceptors (Lipinski definition) is 3. The van der Waals surface area contributed by atoms with E-state index in [-0.39, 0.29) is 18.7 Å². The van der Waals surface area contributed by atoms with Crippen LogP contribution in [0.15, 0.2) is 54.6 Å². The van der Waals surface area contributed by atoms with Crippen LogP contribution in [0.5, 0.6) is 0 Å². The van der Waals surface area contributed by atoms with Crippen molar-refractivity contribution in [1.82, 2.24) is 0 Å². The number of fused-ring (bicyclic) bond motifs is 1. The van der Waals surface area contributed by atoms with Crippen molar-refractivity contribution in [3.05, 3.63) is 65.7 Å². The smallest absolute Gasteiger partial charge is 0.321 e. The third kappa shape index (κ3) is 2.83. The minimum atomic E-state index is -2.01. The fraction of sp³-hybridized carbons (Fsp3) is 0.250. The van der Waals surface area contributed by atoms with E-state index in [4.69, 9.17) is 0 Å². The van der Waals surface area contributed by atoms with Crippen LogP contribution in [-0.2, 0) is 20.8 Å². The van der Waals surface area contributed by atoms with Gasteiger partial charge in [0.1, 0.15) is 0 Å². The lowest BCUT2D eigenvalue weighted by atomic mass is 9.66. The van der Waals surface area contributed by atoms with E-state index < -0.39 is 23.3 Å². The topological polar surface area (TPSA) is 94.9 Å². The van der Waals surface area contributed by atoms with Crippen LogP contribution in [0.4, 0.5) is 5.69 Å². The molecule has 0 spiro atoms. The Morgan fingerprint density at radius 2 is 1.54 bits per heavy atom. The molecule has 0 bridgehead atoms. The van der Waals surface area contributed by atoms with Crippen molar-refractivity contribution >= 4 is 23.5 Å². The molecule has 0 heterocycles. The second-order valence-corrected chi connectivity index (χ2v) is 6.56. The van der Waals surface area contributed by atoms with E-state index >= 15 is 0 Å². The number of rotatable bonds is 4. The van der Waals surface area contributed by atoms with Crippen LogP contribution in [-0.4, -0.2) is 35.1 Å². The minimum Gasteiger partial charge on any atom is -0.480 e. The normalized spacial score (nSPS) is 17.8. The summed E-state index contributed by atoms with van der Waals surface area (Å²) < 4.78 is 0. The first-order valence-corrected chi connectivity index (χ1v) is 8.24. The number of likely N-dealkylation sites (N-methyl/N-ethyl adjacent to an activating group) is 1. The van der Waals surface area contributed by atoms with Crippen LogP contribution in [0.3, 0.4) is 0 Å². The Kier molecular flexibility index (Phi) is 4.50. The molecule has 1 aliphatic rings. The number of para-hydroxylation sites is 1. The largest absolute Gasteiger partial charge is 0.480 e. The molecular formula is C20H19NO5. The van der Waals surface area contributed by atoms with E-state index in [1.165, 1.54) is 4.90 Å². The molecule has 1 aliphatic carbocycles. The van der Waals surface area contributed by atoms with Crippen molar-refractivity contribution in [1.29, 1.82) is 0 Å². The standard InChI is InChI=1S/C20H19NO5/c1-21(14-8-3-2-4-9-14)17(22)16-12-20(18(23)24,19(25)26)11-13-7-5-6-10-15(13)16/h2-10,16H,11-12H2,1H3,(H,23,24)(H,25,26). The van der Waals surface area contributed by atoms with E-state index in [2.05, 4.69) is 0 Å². The lowest BCUT2D eigenvalue weighted by molar-refractivity contribution is -0.166.